The summed E-state index contributed by atoms with van der Waals surface area (Å²) in [6.07, 6.45) is 6.48. The SMILES string of the molecule is Cc1cc(CC(=O)N2CC(COCC3CC3)C(c3ccncc3)C2)on1. The summed E-state index contributed by atoms with van der Waals surface area (Å²) >= 11 is 0. The van der Waals surface area contributed by atoms with Crippen molar-refractivity contribution >= 4 is 5.91 Å². The lowest BCUT2D eigenvalue weighted by atomic mass is 9.90. The molecule has 2 fully saturated rings. The molecule has 0 aromatic carbocycles. The molecular weight excluding hydrogens is 330 g/mol. The van der Waals surface area contributed by atoms with Crippen LogP contribution < -0.4 is 0 Å². The standard InChI is InChI=1S/C20H25N3O3/c1-14-8-18(26-22-14)9-20(24)23-10-17(13-25-12-15-2-3-15)19(11-23)16-4-6-21-7-5-16/h4-8,15,17,19H,2-3,9-13H2,1H3. The zero-order valence-corrected chi connectivity index (χ0v) is 15.1. The number of pyridine rings is 1. The second kappa shape index (κ2) is 7.58. The topological polar surface area (TPSA) is 68.5 Å². The minimum Gasteiger partial charge on any atom is -0.381 e. The predicted molar refractivity (Wildman–Crippen MR) is 95.5 cm³/mol. The number of ether oxygens (including phenoxy) is 1. The molecule has 0 radical (unpaired) electrons. The number of hydrogen-bond acceptors (Lipinski definition) is 5. The number of nitrogens with zero attached hydrogens (tertiary/aromatic N) is 3. The molecule has 6 nitrogen and oxygen atoms in total. The third kappa shape index (κ3) is 4.12. The zero-order valence-electron chi connectivity index (χ0n) is 15.1. The second-order valence-corrected chi connectivity index (χ2v) is 7.54. The van der Waals surface area contributed by atoms with Gasteiger partial charge in [0.1, 0.15) is 5.76 Å². The normalized spacial score (nSPS) is 22.7. The van der Waals surface area contributed by atoms with Crippen LogP contribution in [0, 0.1) is 18.8 Å². The lowest BCUT2D eigenvalue weighted by molar-refractivity contribution is -0.130. The largest absolute Gasteiger partial charge is 0.381 e. The first kappa shape index (κ1) is 17.2. The van der Waals surface area contributed by atoms with Crippen LogP contribution in [0.3, 0.4) is 0 Å². The Kier molecular flexibility index (Phi) is 5.02. The van der Waals surface area contributed by atoms with Crippen LogP contribution in [-0.4, -0.2) is 47.3 Å². The van der Waals surface area contributed by atoms with E-state index in [9.17, 15) is 4.79 Å². The molecule has 0 N–H and O–H groups in total. The molecule has 138 valence electrons. The fourth-order valence-electron chi connectivity index (χ4n) is 3.66. The average molecular weight is 355 g/mol. The van der Waals surface area contributed by atoms with Crippen molar-refractivity contribution in [2.45, 2.75) is 32.1 Å². The number of aryl methyl sites for hydroxylation is 1. The Morgan fingerprint density at radius 2 is 2.08 bits per heavy atom. The molecule has 2 atom stereocenters. The first-order valence-corrected chi connectivity index (χ1v) is 9.36. The van der Waals surface area contributed by atoms with Gasteiger partial charge in [-0.3, -0.25) is 9.78 Å². The molecular formula is C20H25N3O3. The van der Waals surface area contributed by atoms with Gasteiger partial charge >= 0.3 is 0 Å². The Bertz CT molecular complexity index is 742. The van der Waals surface area contributed by atoms with Crippen molar-refractivity contribution in [3.05, 3.63) is 47.6 Å². The molecule has 0 bridgehead atoms. The number of carbonyl (C=O) groups is 1. The number of carbonyl (C=O) groups excluding carboxylic acids is 1. The smallest absolute Gasteiger partial charge is 0.230 e. The number of amides is 1. The lowest BCUT2D eigenvalue weighted by Crippen LogP contribution is -2.30. The highest BCUT2D eigenvalue weighted by molar-refractivity contribution is 5.78. The van der Waals surface area contributed by atoms with Crippen LogP contribution >= 0.6 is 0 Å². The number of aromatic nitrogens is 2. The Hall–Kier alpha value is -2.21. The monoisotopic (exact) mass is 355 g/mol. The van der Waals surface area contributed by atoms with Gasteiger partial charge in [0.05, 0.1) is 18.7 Å². The summed E-state index contributed by atoms with van der Waals surface area (Å²) in [5.74, 6) is 2.07. The van der Waals surface area contributed by atoms with E-state index in [-0.39, 0.29) is 18.2 Å². The van der Waals surface area contributed by atoms with Crippen LogP contribution in [0.15, 0.2) is 35.1 Å². The summed E-state index contributed by atoms with van der Waals surface area (Å²) in [7, 11) is 0. The number of rotatable bonds is 7. The number of hydrogen-bond donors (Lipinski definition) is 0. The third-order valence-corrected chi connectivity index (χ3v) is 5.31. The minimum absolute atomic E-state index is 0.0879. The molecule has 3 heterocycles. The molecule has 2 aliphatic rings. The summed E-state index contributed by atoms with van der Waals surface area (Å²) in [5.41, 5.74) is 2.03. The quantitative estimate of drug-likeness (QED) is 0.764. The van der Waals surface area contributed by atoms with Crippen molar-refractivity contribution in [3.63, 3.8) is 0 Å². The fraction of sp³-hybridized carbons (Fsp3) is 0.550. The predicted octanol–water partition coefficient (Wildman–Crippen LogP) is 2.59. The van der Waals surface area contributed by atoms with Gasteiger partial charge in [-0.2, -0.15) is 0 Å². The minimum atomic E-state index is 0.0879. The Morgan fingerprint density at radius 1 is 1.27 bits per heavy atom. The maximum absolute atomic E-state index is 12.7. The molecule has 1 saturated heterocycles. The average Bonchev–Trinajstić information content (AvgIpc) is 3.22. The van der Waals surface area contributed by atoms with E-state index in [1.807, 2.05) is 42.4 Å². The van der Waals surface area contributed by atoms with Gasteiger partial charge in [-0.15, -0.1) is 0 Å². The molecule has 1 aliphatic carbocycles. The van der Waals surface area contributed by atoms with Crippen LogP contribution in [0.5, 0.6) is 0 Å². The van der Waals surface area contributed by atoms with Gasteiger partial charge in [0.25, 0.3) is 0 Å². The van der Waals surface area contributed by atoms with Gasteiger partial charge in [0.2, 0.25) is 5.91 Å². The Labute approximate surface area is 153 Å². The van der Waals surface area contributed by atoms with E-state index in [0.29, 0.717) is 24.8 Å². The molecule has 1 aliphatic heterocycles. The van der Waals surface area contributed by atoms with E-state index >= 15 is 0 Å². The summed E-state index contributed by atoms with van der Waals surface area (Å²) < 4.78 is 11.2. The molecule has 2 aromatic rings. The molecule has 6 heteroatoms. The first-order chi connectivity index (χ1) is 12.7. The fourth-order valence-corrected chi connectivity index (χ4v) is 3.66. The number of likely N-dealkylation sites (tertiary alicyclic amines) is 1. The molecule has 1 amide bonds. The Morgan fingerprint density at radius 3 is 2.77 bits per heavy atom. The van der Waals surface area contributed by atoms with Crippen molar-refractivity contribution in [3.8, 4) is 0 Å². The van der Waals surface area contributed by atoms with Crippen molar-refractivity contribution in [2.24, 2.45) is 11.8 Å². The van der Waals surface area contributed by atoms with Crippen molar-refractivity contribution in [1.29, 1.82) is 0 Å². The molecule has 4 rings (SSSR count). The van der Waals surface area contributed by atoms with E-state index in [0.717, 1.165) is 24.8 Å². The molecule has 2 unspecified atom stereocenters. The van der Waals surface area contributed by atoms with Gasteiger partial charge in [-0.1, -0.05) is 5.16 Å². The first-order valence-electron chi connectivity index (χ1n) is 9.36. The summed E-state index contributed by atoms with van der Waals surface area (Å²) in [6.45, 7) is 4.86. The Balaban J connectivity index is 1.42. The van der Waals surface area contributed by atoms with Gasteiger partial charge in [-0.05, 0) is 43.4 Å². The molecule has 26 heavy (non-hydrogen) atoms. The van der Waals surface area contributed by atoms with E-state index < -0.39 is 0 Å². The van der Waals surface area contributed by atoms with E-state index in [4.69, 9.17) is 9.26 Å². The van der Waals surface area contributed by atoms with E-state index in [1.165, 1.54) is 18.4 Å². The summed E-state index contributed by atoms with van der Waals surface area (Å²) in [4.78, 5) is 18.8. The van der Waals surface area contributed by atoms with Crippen LogP contribution in [-0.2, 0) is 16.0 Å². The highest BCUT2D eigenvalue weighted by Crippen LogP contribution is 2.34. The van der Waals surface area contributed by atoms with Crippen molar-refractivity contribution in [1.82, 2.24) is 15.0 Å². The summed E-state index contributed by atoms with van der Waals surface area (Å²) in [5, 5.41) is 3.86. The van der Waals surface area contributed by atoms with Gasteiger partial charge in [0, 0.05) is 50.0 Å². The van der Waals surface area contributed by atoms with Crippen LogP contribution in [0.2, 0.25) is 0 Å². The second-order valence-electron chi connectivity index (χ2n) is 7.54. The molecule has 0 spiro atoms. The highest BCUT2D eigenvalue weighted by atomic mass is 16.5. The van der Waals surface area contributed by atoms with Crippen molar-refractivity contribution in [2.75, 3.05) is 26.3 Å². The molecule has 1 saturated carbocycles. The van der Waals surface area contributed by atoms with Crippen LogP contribution in [0.4, 0.5) is 0 Å². The van der Waals surface area contributed by atoms with Gasteiger partial charge in [-0.25, -0.2) is 0 Å². The maximum atomic E-state index is 12.7. The molecule has 2 aromatic heterocycles. The van der Waals surface area contributed by atoms with Gasteiger partial charge < -0.3 is 14.2 Å². The zero-order chi connectivity index (χ0) is 17.9. The van der Waals surface area contributed by atoms with Crippen LogP contribution in [0.1, 0.15) is 35.8 Å². The summed E-state index contributed by atoms with van der Waals surface area (Å²) in [6, 6.07) is 5.92. The third-order valence-electron chi connectivity index (χ3n) is 5.31. The van der Waals surface area contributed by atoms with Gasteiger partial charge in [0.15, 0.2) is 0 Å². The van der Waals surface area contributed by atoms with Crippen LogP contribution in [0.25, 0.3) is 0 Å². The highest BCUT2D eigenvalue weighted by Gasteiger charge is 2.36. The maximum Gasteiger partial charge on any atom is 0.230 e. The lowest BCUT2D eigenvalue weighted by Gasteiger charge is -2.18. The van der Waals surface area contributed by atoms with Crippen molar-refractivity contribution < 1.29 is 14.1 Å². The van der Waals surface area contributed by atoms with E-state index in [1.54, 1.807) is 0 Å². The van der Waals surface area contributed by atoms with E-state index in [2.05, 4.69) is 10.1 Å².